The van der Waals surface area contributed by atoms with E-state index in [1.54, 1.807) is 24.3 Å². The Labute approximate surface area is 125 Å². The van der Waals surface area contributed by atoms with Crippen LogP contribution in [0.3, 0.4) is 0 Å². The van der Waals surface area contributed by atoms with Gasteiger partial charge in [-0.25, -0.2) is 0 Å². The molecule has 6 heteroatoms. The molecule has 2 rings (SSSR count). The Morgan fingerprint density at radius 2 is 1.38 bits per heavy atom. The Hall–Kier alpha value is -2.40. The molecule has 0 aliphatic heterocycles. The van der Waals surface area contributed by atoms with Crippen molar-refractivity contribution in [3.63, 3.8) is 0 Å². The molecule has 2 aromatic carbocycles. The largest absolute Gasteiger partial charge is 0.423 e. The summed E-state index contributed by atoms with van der Waals surface area (Å²) >= 11 is 5.43. The summed E-state index contributed by atoms with van der Waals surface area (Å²) in [5.41, 5.74) is 0.318. The normalized spacial score (nSPS) is 10.2. The molecule has 0 saturated heterocycles. The Bertz CT molecular complexity index is 751. The number of esters is 2. The summed E-state index contributed by atoms with van der Waals surface area (Å²) in [6, 6.07) is 7.85. The van der Waals surface area contributed by atoms with Gasteiger partial charge in [0, 0.05) is 19.4 Å². The molecule has 108 valence electrons. The van der Waals surface area contributed by atoms with Gasteiger partial charge in [0.25, 0.3) is 5.24 Å². The highest BCUT2D eigenvalue weighted by molar-refractivity contribution is 6.67. The fourth-order valence-electron chi connectivity index (χ4n) is 1.85. The number of ether oxygens (including phenoxy) is 2. The van der Waals surface area contributed by atoms with Crippen molar-refractivity contribution in [1.82, 2.24) is 0 Å². The second kappa shape index (κ2) is 5.93. The molecule has 0 aliphatic carbocycles. The topological polar surface area (TPSA) is 69.7 Å². The molecule has 2 aromatic rings. The number of carbonyl (C=O) groups excluding carboxylic acids is 3. The van der Waals surface area contributed by atoms with E-state index in [9.17, 15) is 14.4 Å². The zero-order chi connectivity index (χ0) is 15.6. The average molecular weight is 307 g/mol. The first-order valence-corrected chi connectivity index (χ1v) is 6.39. The van der Waals surface area contributed by atoms with Crippen molar-refractivity contribution in [3.8, 4) is 11.5 Å². The average Bonchev–Trinajstić information content (AvgIpc) is 2.37. The molecule has 0 amide bonds. The molecular formula is C15H11ClO5. The quantitative estimate of drug-likeness (QED) is 0.495. The monoisotopic (exact) mass is 306 g/mol. The second-order valence-electron chi connectivity index (χ2n) is 4.32. The maximum Gasteiger partial charge on any atom is 0.308 e. The number of rotatable bonds is 3. The van der Waals surface area contributed by atoms with Gasteiger partial charge in [0.2, 0.25) is 0 Å². The summed E-state index contributed by atoms with van der Waals surface area (Å²) in [4.78, 5) is 33.4. The van der Waals surface area contributed by atoms with Gasteiger partial charge in [-0.05, 0) is 46.6 Å². The lowest BCUT2D eigenvalue weighted by Gasteiger charge is -2.10. The minimum Gasteiger partial charge on any atom is -0.423 e. The maximum absolute atomic E-state index is 11.2. The van der Waals surface area contributed by atoms with Gasteiger partial charge in [0.1, 0.15) is 0 Å². The lowest BCUT2D eigenvalue weighted by atomic mass is 10.1. The molecular weight excluding hydrogens is 296 g/mol. The number of benzene rings is 2. The molecule has 5 nitrogen and oxygen atoms in total. The van der Waals surface area contributed by atoms with E-state index in [0.717, 1.165) is 0 Å². The highest BCUT2D eigenvalue weighted by Gasteiger charge is 2.13. The van der Waals surface area contributed by atoms with Gasteiger partial charge < -0.3 is 9.47 Å². The molecule has 0 aromatic heterocycles. The molecule has 0 heterocycles. The van der Waals surface area contributed by atoms with Crippen molar-refractivity contribution >= 4 is 39.6 Å². The minimum absolute atomic E-state index is 0.101. The summed E-state index contributed by atoms with van der Waals surface area (Å²) in [6.07, 6.45) is 0. The minimum atomic E-state index is -0.588. The standard InChI is InChI=1S/C15H11ClO5/c1-8(17)20-13-6-10-3-4-11(15(16)19)5-12(10)7-14(13)21-9(2)18/h3-7H,1-2H3. The fraction of sp³-hybridized carbons (Fsp3) is 0.133. The fourth-order valence-corrected chi connectivity index (χ4v) is 1.96. The van der Waals surface area contributed by atoms with Gasteiger partial charge in [-0.2, -0.15) is 0 Å². The summed E-state index contributed by atoms with van der Waals surface area (Å²) < 4.78 is 10.0. The van der Waals surface area contributed by atoms with Crippen LogP contribution in [0.2, 0.25) is 0 Å². The van der Waals surface area contributed by atoms with Crippen molar-refractivity contribution in [2.75, 3.05) is 0 Å². The molecule has 21 heavy (non-hydrogen) atoms. The van der Waals surface area contributed by atoms with E-state index in [2.05, 4.69) is 0 Å². The van der Waals surface area contributed by atoms with Crippen LogP contribution in [-0.2, 0) is 9.59 Å². The van der Waals surface area contributed by atoms with Crippen LogP contribution >= 0.6 is 11.6 Å². The number of carbonyl (C=O) groups is 3. The third kappa shape index (κ3) is 3.58. The second-order valence-corrected chi connectivity index (χ2v) is 4.67. The first kappa shape index (κ1) is 15.0. The number of hydrogen-bond donors (Lipinski definition) is 0. The highest BCUT2D eigenvalue weighted by Crippen LogP contribution is 2.33. The van der Waals surface area contributed by atoms with Crippen LogP contribution in [0.15, 0.2) is 30.3 Å². The van der Waals surface area contributed by atoms with Gasteiger partial charge in [-0.15, -0.1) is 0 Å². The van der Waals surface area contributed by atoms with Crippen LogP contribution in [0.4, 0.5) is 0 Å². The SMILES string of the molecule is CC(=O)Oc1cc2ccc(C(=O)Cl)cc2cc1OC(C)=O. The van der Waals surface area contributed by atoms with E-state index >= 15 is 0 Å². The van der Waals surface area contributed by atoms with E-state index in [1.807, 2.05) is 0 Å². The van der Waals surface area contributed by atoms with Crippen LogP contribution in [0.25, 0.3) is 10.8 Å². The predicted octanol–water partition coefficient (Wildman–Crippen LogP) is 3.07. The van der Waals surface area contributed by atoms with Crippen LogP contribution in [0.5, 0.6) is 11.5 Å². The van der Waals surface area contributed by atoms with Gasteiger partial charge in [-0.1, -0.05) is 6.07 Å². The first-order chi connectivity index (χ1) is 9.86. The number of fused-ring (bicyclic) bond motifs is 1. The van der Waals surface area contributed by atoms with Crippen LogP contribution in [0.1, 0.15) is 24.2 Å². The van der Waals surface area contributed by atoms with E-state index in [1.165, 1.54) is 19.9 Å². The molecule has 0 atom stereocenters. The molecule has 0 unspecified atom stereocenters. The molecule has 0 saturated carbocycles. The number of hydrogen-bond acceptors (Lipinski definition) is 5. The summed E-state index contributed by atoms with van der Waals surface area (Å²) in [7, 11) is 0. The molecule has 0 bridgehead atoms. The van der Waals surface area contributed by atoms with E-state index < -0.39 is 17.2 Å². The Kier molecular flexibility index (Phi) is 4.23. The molecule has 0 spiro atoms. The van der Waals surface area contributed by atoms with Gasteiger partial charge in [0.05, 0.1) is 0 Å². The van der Waals surface area contributed by atoms with E-state index in [-0.39, 0.29) is 11.5 Å². The van der Waals surface area contributed by atoms with Crippen molar-refractivity contribution in [2.24, 2.45) is 0 Å². The third-order valence-corrected chi connectivity index (χ3v) is 2.86. The van der Waals surface area contributed by atoms with Crippen LogP contribution < -0.4 is 9.47 Å². The predicted molar refractivity (Wildman–Crippen MR) is 76.7 cm³/mol. The smallest absolute Gasteiger partial charge is 0.308 e. The van der Waals surface area contributed by atoms with Crippen molar-refractivity contribution < 1.29 is 23.9 Å². The van der Waals surface area contributed by atoms with E-state index in [0.29, 0.717) is 16.3 Å². The van der Waals surface area contributed by atoms with Gasteiger partial charge in [0.15, 0.2) is 11.5 Å². The van der Waals surface area contributed by atoms with Crippen molar-refractivity contribution in [3.05, 3.63) is 35.9 Å². The van der Waals surface area contributed by atoms with Crippen molar-refractivity contribution in [1.29, 1.82) is 0 Å². The summed E-state index contributed by atoms with van der Waals surface area (Å²) in [6.45, 7) is 2.48. The van der Waals surface area contributed by atoms with E-state index in [4.69, 9.17) is 21.1 Å². The zero-order valence-electron chi connectivity index (χ0n) is 11.3. The first-order valence-electron chi connectivity index (χ1n) is 6.01. The summed E-state index contributed by atoms with van der Waals surface area (Å²) in [5.74, 6) is -0.845. The molecule has 0 aliphatic rings. The Morgan fingerprint density at radius 1 is 0.857 bits per heavy atom. The Morgan fingerprint density at radius 3 is 1.86 bits per heavy atom. The van der Waals surface area contributed by atoms with Gasteiger partial charge >= 0.3 is 11.9 Å². The lowest BCUT2D eigenvalue weighted by Crippen LogP contribution is -2.07. The molecule has 0 N–H and O–H groups in total. The lowest BCUT2D eigenvalue weighted by molar-refractivity contribution is -0.134. The zero-order valence-corrected chi connectivity index (χ0v) is 12.1. The maximum atomic E-state index is 11.2. The summed E-state index contributed by atoms with van der Waals surface area (Å²) in [5, 5.41) is 0.757. The third-order valence-electron chi connectivity index (χ3n) is 2.64. The number of halogens is 1. The molecule has 0 radical (unpaired) electrons. The highest BCUT2D eigenvalue weighted by atomic mass is 35.5. The van der Waals surface area contributed by atoms with Gasteiger partial charge in [-0.3, -0.25) is 14.4 Å². The van der Waals surface area contributed by atoms with Crippen molar-refractivity contribution in [2.45, 2.75) is 13.8 Å². The van der Waals surface area contributed by atoms with Crippen LogP contribution in [0, 0.1) is 0 Å². The molecule has 0 fully saturated rings. The van der Waals surface area contributed by atoms with Crippen LogP contribution in [-0.4, -0.2) is 17.2 Å². The Balaban J connectivity index is 2.60.